The normalized spacial score (nSPS) is 13.1. The summed E-state index contributed by atoms with van der Waals surface area (Å²) in [5.41, 5.74) is 5.58. The Hall–Kier alpha value is -4.49. The second-order valence-corrected chi connectivity index (χ2v) is 10.3. The molecule has 190 valence electrons. The van der Waals surface area contributed by atoms with Crippen molar-refractivity contribution in [1.29, 1.82) is 5.41 Å². The van der Waals surface area contributed by atoms with Gasteiger partial charge in [0, 0.05) is 33.4 Å². The standard InChI is InChI=1S/C31H27N3O3S/c1-20-9-12-24(13-10-20)34-17-5-6-21-18-22(11-15-27(21)34)28-16-14-25(38-28)19-26(29(32)31(36)37)30(35)33-23-7-3-2-4-8-23/h2-4,7-16,18-19,32H,5-6,17H2,1H3,(H,33,35)(H,36,37)/b26-19-,32-29?. The predicted molar refractivity (Wildman–Crippen MR) is 155 cm³/mol. The number of amides is 1. The molecule has 0 radical (unpaired) electrons. The fourth-order valence-corrected chi connectivity index (χ4v) is 5.51. The lowest BCUT2D eigenvalue weighted by Gasteiger charge is -2.31. The number of anilines is 3. The van der Waals surface area contributed by atoms with Gasteiger partial charge in [-0.3, -0.25) is 10.2 Å². The Morgan fingerprint density at radius 2 is 1.76 bits per heavy atom. The Balaban J connectivity index is 1.42. The molecule has 7 heteroatoms. The zero-order valence-corrected chi connectivity index (χ0v) is 21.7. The van der Waals surface area contributed by atoms with Gasteiger partial charge < -0.3 is 15.3 Å². The molecule has 1 aliphatic heterocycles. The molecule has 0 saturated carbocycles. The first-order valence-corrected chi connectivity index (χ1v) is 13.2. The average Bonchev–Trinajstić information content (AvgIpc) is 3.40. The van der Waals surface area contributed by atoms with Crippen LogP contribution >= 0.6 is 11.3 Å². The van der Waals surface area contributed by atoms with Crippen molar-refractivity contribution >= 4 is 52.1 Å². The first-order chi connectivity index (χ1) is 18.4. The summed E-state index contributed by atoms with van der Waals surface area (Å²) in [6, 6.07) is 27.7. The number of aryl methyl sites for hydroxylation is 2. The zero-order chi connectivity index (χ0) is 26.6. The van der Waals surface area contributed by atoms with Crippen LogP contribution in [0, 0.1) is 12.3 Å². The van der Waals surface area contributed by atoms with Gasteiger partial charge in [0.15, 0.2) is 5.71 Å². The number of nitrogens with one attached hydrogen (secondary N) is 2. The highest BCUT2D eigenvalue weighted by molar-refractivity contribution is 7.16. The van der Waals surface area contributed by atoms with E-state index in [0.717, 1.165) is 29.8 Å². The number of rotatable bonds is 7. The quantitative estimate of drug-likeness (QED) is 0.181. The second-order valence-electron chi connectivity index (χ2n) is 9.19. The van der Waals surface area contributed by atoms with Crippen LogP contribution in [0.1, 0.15) is 22.4 Å². The molecule has 0 aliphatic carbocycles. The van der Waals surface area contributed by atoms with Crippen LogP contribution in [0.3, 0.4) is 0 Å². The van der Waals surface area contributed by atoms with E-state index < -0.39 is 17.6 Å². The van der Waals surface area contributed by atoms with E-state index in [4.69, 9.17) is 5.41 Å². The third kappa shape index (κ3) is 5.43. The maximum absolute atomic E-state index is 12.9. The van der Waals surface area contributed by atoms with E-state index in [9.17, 15) is 14.7 Å². The first-order valence-electron chi connectivity index (χ1n) is 12.4. The number of fused-ring (bicyclic) bond motifs is 1. The summed E-state index contributed by atoms with van der Waals surface area (Å²) in [7, 11) is 0. The average molecular weight is 522 g/mol. The molecule has 5 rings (SSSR count). The highest BCUT2D eigenvalue weighted by Crippen LogP contribution is 2.38. The maximum atomic E-state index is 12.9. The second kappa shape index (κ2) is 10.9. The summed E-state index contributed by atoms with van der Waals surface area (Å²) >= 11 is 1.46. The summed E-state index contributed by atoms with van der Waals surface area (Å²) in [5.74, 6) is -2.09. The maximum Gasteiger partial charge on any atom is 0.354 e. The highest BCUT2D eigenvalue weighted by atomic mass is 32.1. The van der Waals surface area contributed by atoms with Gasteiger partial charge in [0.1, 0.15) is 0 Å². The molecule has 0 fully saturated rings. The number of carboxylic acid groups (broad SMARTS) is 1. The number of benzene rings is 3. The van der Waals surface area contributed by atoms with Crippen molar-refractivity contribution in [1.82, 2.24) is 0 Å². The van der Waals surface area contributed by atoms with Gasteiger partial charge in [0.05, 0.1) is 5.57 Å². The van der Waals surface area contributed by atoms with E-state index in [1.807, 2.05) is 18.2 Å². The predicted octanol–water partition coefficient (Wildman–Crippen LogP) is 6.93. The van der Waals surface area contributed by atoms with Crippen molar-refractivity contribution in [2.75, 3.05) is 16.8 Å². The number of hydrogen-bond acceptors (Lipinski definition) is 5. The number of para-hydroxylation sites is 1. The minimum atomic E-state index is -1.45. The number of aliphatic carboxylic acids is 1. The van der Waals surface area contributed by atoms with Gasteiger partial charge in [-0.1, -0.05) is 42.0 Å². The molecule has 38 heavy (non-hydrogen) atoms. The van der Waals surface area contributed by atoms with Crippen molar-refractivity contribution in [3.05, 3.63) is 107 Å². The minimum absolute atomic E-state index is 0.200. The Morgan fingerprint density at radius 1 is 1.00 bits per heavy atom. The molecule has 3 N–H and O–H groups in total. The summed E-state index contributed by atoms with van der Waals surface area (Å²) in [4.78, 5) is 28.5. The molecule has 4 aromatic rings. The highest BCUT2D eigenvalue weighted by Gasteiger charge is 2.22. The number of hydrogen-bond donors (Lipinski definition) is 3. The SMILES string of the molecule is Cc1ccc(N2CCCc3cc(-c4ccc(/C=C(/C(=N)C(=O)O)C(=O)Nc5ccccc5)s4)ccc32)cc1. The Bertz CT molecular complexity index is 1540. The number of nitrogens with zero attached hydrogens (tertiary/aromatic N) is 1. The third-order valence-corrected chi connectivity index (χ3v) is 7.58. The van der Waals surface area contributed by atoms with Crippen molar-refractivity contribution in [3.8, 4) is 10.4 Å². The van der Waals surface area contributed by atoms with Crippen LogP contribution in [0.4, 0.5) is 17.1 Å². The van der Waals surface area contributed by atoms with Crippen molar-refractivity contribution < 1.29 is 14.7 Å². The molecule has 1 aliphatic rings. The van der Waals surface area contributed by atoms with E-state index in [1.54, 1.807) is 24.3 Å². The lowest BCUT2D eigenvalue weighted by Crippen LogP contribution is -2.25. The fourth-order valence-electron chi connectivity index (χ4n) is 4.56. The van der Waals surface area contributed by atoms with Crippen molar-refractivity contribution in [3.63, 3.8) is 0 Å². The van der Waals surface area contributed by atoms with Crippen LogP contribution in [0.2, 0.25) is 0 Å². The smallest absolute Gasteiger partial charge is 0.354 e. The largest absolute Gasteiger partial charge is 0.477 e. The Morgan fingerprint density at radius 3 is 2.50 bits per heavy atom. The molecule has 6 nitrogen and oxygen atoms in total. The Kier molecular flexibility index (Phi) is 7.20. The topological polar surface area (TPSA) is 93.5 Å². The van der Waals surface area contributed by atoms with Gasteiger partial charge in [0.2, 0.25) is 0 Å². The summed E-state index contributed by atoms with van der Waals surface area (Å²) in [5, 5.41) is 20.1. The van der Waals surface area contributed by atoms with Gasteiger partial charge in [-0.05, 0) is 85.5 Å². The van der Waals surface area contributed by atoms with Crippen LogP contribution in [0.5, 0.6) is 0 Å². The minimum Gasteiger partial charge on any atom is -0.477 e. The van der Waals surface area contributed by atoms with E-state index in [-0.39, 0.29) is 5.57 Å². The number of thiophene rings is 1. The van der Waals surface area contributed by atoms with E-state index in [0.29, 0.717) is 10.6 Å². The van der Waals surface area contributed by atoms with Crippen LogP contribution in [-0.2, 0) is 16.0 Å². The molecule has 1 aromatic heterocycles. The van der Waals surface area contributed by atoms with Gasteiger partial charge in [-0.25, -0.2) is 4.79 Å². The lowest BCUT2D eigenvalue weighted by molar-refractivity contribution is -0.129. The van der Waals surface area contributed by atoms with Crippen LogP contribution in [0.25, 0.3) is 16.5 Å². The first kappa shape index (κ1) is 25.2. The van der Waals surface area contributed by atoms with Gasteiger partial charge in [-0.2, -0.15) is 0 Å². The molecule has 0 saturated heterocycles. The molecule has 2 heterocycles. The summed E-state index contributed by atoms with van der Waals surface area (Å²) in [6.07, 6.45) is 3.55. The van der Waals surface area contributed by atoms with E-state index in [1.165, 1.54) is 39.9 Å². The molecule has 1 amide bonds. The molecule has 0 spiro atoms. The molecule has 0 atom stereocenters. The van der Waals surface area contributed by atoms with Crippen molar-refractivity contribution in [2.45, 2.75) is 19.8 Å². The summed E-state index contributed by atoms with van der Waals surface area (Å²) in [6.45, 7) is 3.07. The lowest BCUT2D eigenvalue weighted by atomic mass is 9.98. The fraction of sp³-hybridized carbons (Fsp3) is 0.129. The molecule has 3 aromatic carbocycles. The van der Waals surface area contributed by atoms with Crippen LogP contribution < -0.4 is 10.2 Å². The van der Waals surface area contributed by atoms with Gasteiger partial charge in [0.25, 0.3) is 5.91 Å². The van der Waals surface area contributed by atoms with Crippen molar-refractivity contribution in [2.24, 2.45) is 0 Å². The summed E-state index contributed by atoms with van der Waals surface area (Å²) < 4.78 is 0. The molecule has 0 unspecified atom stereocenters. The third-order valence-electron chi connectivity index (χ3n) is 6.50. The Labute approximate surface area is 225 Å². The van der Waals surface area contributed by atoms with Crippen LogP contribution in [-0.4, -0.2) is 29.2 Å². The van der Waals surface area contributed by atoms with Gasteiger partial charge >= 0.3 is 5.97 Å². The molecule has 0 bridgehead atoms. The van der Waals surface area contributed by atoms with E-state index >= 15 is 0 Å². The van der Waals surface area contributed by atoms with Gasteiger partial charge in [-0.15, -0.1) is 11.3 Å². The zero-order valence-electron chi connectivity index (χ0n) is 20.9. The molecular formula is C31H27N3O3S. The molecular weight excluding hydrogens is 494 g/mol. The number of carbonyl (C=O) groups excluding carboxylic acids is 1. The van der Waals surface area contributed by atoms with Crippen LogP contribution in [0.15, 0.2) is 90.5 Å². The number of carbonyl (C=O) groups is 2. The van der Waals surface area contributed by atoms with E-state index in [2.05, 4.69) is 59.6 Å². The number of carboxylic acids is 1. The monoisotopic (exact) mass is 521 g/mol.